The van der Waals surface area contributed by atoms with Gasteiger partial charge in [-0.25, -0.2) is 4.98 Å². The molecule has 0 atom stereocenters. The smallest absolute Gasteiger partial charge is 0.414 e. The second-order valence-corrected chi connectivity index (χ2v) is 5.98. The Kier molecular flexibility index (Phi) is 3.54. The fourth-order valence-electron chi connectivity index (χ4n) is 3.25. The Balaban J connectivity index is 1.84. The average Bonchev–Trinajstić information content (AvgIpc) is 3.17. The molecule has 0 bridgehead atoms. The van der Waals surface area contributed by atoms with Crippen molar-refractivity contribution >= 4 is 34.7 Å². The van der Waals surface area contributed by atoms with Gasteiger partial charge in [0.05, 0.1) is 15.8 Å². The fraction of sp³-hybridized carbons (Fsp3) is 0.118. The molecule has 0 unspecified atom stereocenters. The normalized spacial score (nSPS) is 11.3. The Labute approximate surface area is 143 Å². The lowest BCUT2D eigenvalue weighted by Crippen LogP contribution is -2.18. The molecule has 3 aromatic heterocycles. The van der Waals surface area contributed by atoms with Crippen molar-refractivity contribution in [3.63, 3.8) is 0 Å². The molecular formula is C17H15BN4O3. The molecule has 25 heavy (non-hydrogen) atoms. The van der Waals surface area contributed by atoms with E-state index in [-0.39, 0.29) is 10.6 Å². The molecule has 1 aromatic carbocycles. The van der Waals surface area contributed by atoms with E-state index >= 15 is 0 Å². The Morgan fingerprint density at radius 2 is 2.08 bits per heavy atom. The molecule has 3 heterocycles. The van der Waals surface area contributed by atoms with Gasteiger partial charge in [-0.15, -0.1) is 0 Å². The molecule has 4 aromatic rings. The second-order valence-electron chi connectivity index (χ2n) is 5.98. The predicted molar refractivity (Wildman–Crippen MR) is 96.7 cm³/mol. The standard InChI is InChI=1S/C17H15BN4O3/c1-18(23)21-11-12(13-4-3-8-19-17(13)21)10-20-9-7-14-15(20)5-2-6-16(14)22(24)25/h2-9,11,23H,10H2,1H3. The average molecular weight is 334 g/mol. The third-order valence-corrected chi connectivity index (χ3v) is 4.40. The van der Waals surface area contributed by atoms with Crippen LogP contribution >= 0.6 is 0 Å². The lowest BCUT2D eigenvalue weighted by atomic mass is 9.88. The molecule has 0 fully saturated rings. The zero-order valence-electron chi connectivity index (χ0n) is 13.5. The molecule has 0 amide bonds. The van der Waals surface area contributed by atoms with Gasteiger partial charge in [0.1, 0.15) is 5.65 Å². The Bertz CT molecular complexity index is 1100. The quantitative estimate of drug-likeness (QED) is 0.353. The molecule has 0 spiro atoms. The number of hydrogen-bond acceptors (Lipinski definition) is 4. The van der Waals surface area contributed by atoms with E-state index in [9.17, 15) is 15.1 Å². The van der Waals surface area contributed by atoms with Crippen LogP contribution < -0.4 is 0 Å². The van der Waals surface area contributed by atoms with Gasteiger partial charge in [0.25, 0.3) is 5.69 Å². The number of aromatic nitrogens is 3. The van der Waals surface area contributed by atoms with Crippen molar-refractivity contribution in [3.05, 3.63) is 70.7 Å². The number of nitro groups is 1. The van der Waals surface area contributed by atoms with Gasteiger partial charge in [-0.05, 0) is 36.7 Å². The van der Waals surface area contributed by atoms with Crippen LogP contribution in [0.1, 0.15) is 5.56 Å². The number of nitrogens with zero attached hydrogens (tertiary/aromatic N) is 4. The maximum atomic E-state index is 11.2. The van der Waals surface area contributed by atoms with Crippen molar-refractivity contribution < 1.29 is 9.95 Å². The molecule has 0 saturated heterocycles. The zero-order valence-corrected chi connectivity index (χ0v) is 13.5. The molecule has 0 aliphatic rings. The van der Waals surface area contributed by atoms with E-state index < -0.39 is 7.05 Å². The highest BCUT2D eigenvalue weighted by Crippen LogP contribution is 2.28. The number of hydrogen-bond donors (Lipinski definition) is 1. The maximum Gasteiger partial charge on any atom is 0.414 e. The minimum absolute atomic E-state index is 0.101. The lowest BCUT2D eigenvalue weighted by molar-refractivity contribution is -0.383. The Hall–Kier alpha value is -3.13. The first kappa shape index (κ1) is 15.4. The monoisotopic (exact) mass is 334 g/mol. The summed E-state index contributed by atoms with van der Waals surface area (Å²) in [6.07, 6.45) is 5.42. The highest BCUT2D eigenvalue weighted by molar-refractivity contribution is 6.48. The summed E-state index contributed by atoms with van der Waals surface area (Å²) < 4.78 is 3.69. The van der Waals surface area contributed by atoms with Gasteiger partial charge in [-0.2, -0.15) is 0 Å². The minimum atomic E-state index is -0.686. The Morgan fingerprint density at radius 1 is 1.24 bits per heavy atom. The SMILES string of the molecule is CB(O)n1cc(Cn2ccc3c([N+](=O)[O-])cccc32)c2cccnc21. The summed E-state index contributed by atoms with van der Waals surface area (Å²) >= 11 is 0. The Morgan fingerprint density at radius 3 is 2.84 bits per heavy atom. The first-order valence-electron chi connectivity index (χ1n) is 7.91. The van der Waals surface area contributed by atoms with E-state index in [1.165, 1.54) is 6.07 Å². The van der Waals surface area contributed by atoms with E-state index in [0.29, 0.717) is 11.9 Å². The molecule has 4 rings (SSSR count). The summed E-state index contributed by atoms with van der Waals surface area (Å²) in [7, 11) is -0.686. The lowest BCUT2D eigenvalue weighted by Gasteiger charge is -2.05. The topological polar surface area (TPSA) is 86.1 Å². The van der Waals surface area contributed by atoms with Crippen molar-refractivity contribution in [2.24, 2.45) is 0 Å². The van der Waals surface area contributed by atoms with Crippen LogP contribution in [-0.4, -0.2) is 31.0 Å². The van der Waals surface area contributed by atoms with E-state index in [2.05, 4.69) is 4.98 Å². The molecule has 124 valence electrons. The van der Waals surface area contributed by atoms with Gasteiger partial charge in [0.15, 0.2) is 0 Å². The van der Waals surface area contributed by atoms with Crippen LogP contribution in [0.5, 0.6) is 0 Å². The van der Waals surface area contributed by atoms with Crippen LogP contribution in [0.25, 0.3) is 21.9 Å². The number of pyridine rings is 1. The molecule has 0 saturated carbocycles. The van der Waals surface area contributed by atoms with Crippen LogP contribution in [0, 0.1) is 10.1 Å². The number of benzene rings is 1. The van der Waals surface area contributed by atoms with Gasteiger partial charge >= 0.3 is 7.05 Å². The second kappa shape index (κ2) is 5.75. The van der Waals surface area contributed by atoms with Gasteiger partial charge in [-0.3, -0.25) is 10.1 Å². The third-order valence-electron chi connectivity index (χ3n) is 4.40. The summed E-state index contributed by atoms with van der Waals surface area (Å²) in [6, 6.07) is 10.7. The molecule has 0 radical (unpaired) electrons. The maximum absolute atomic E-state index is 11.2. The highest BCUT2D eigenvalue weighted by Gasteiger charge is 2.17. The van der Waals surface area contributed by atoms with Crippen LogP contribution in [-0.2, 0) is 6.54 Å². The summed E-state index contributed by atoms with van der Waals surface area (Å²) in [4.78, 5) is 15.2. The van der Waals surface area contributed by atoms with E-state index in [0.717, 1.165) is 22.1 Å². The summed E-state index contributed by atoms with van der Waals surface area (Å²) in [5.74, 6) is 0. The predicted octanol–water partition coefficient (Wildman–Crippen LogP) is 2.91. The first-order valence-corrected chi connectivity index (χ1v) is 7.91. The molecule has 7 nitrogen and oxygen atoms in total. The molecule has 8 heteroatoms. The van der Waals surface area contributed by atoms with Gasteiger partial charge < -0.3 is 14.1 Å². The minimum Gasteiger partial charge on any atom is -0.432 e. The first-order chi connectivity index (χ1) is 12.1. The van der Waals surface area contributed by atoms with E-state index in [1.54, 1.807) is 29.6 Å². The van der Waals surface area contributed by atoms with Gasteiger partial charge in [0, 0.05) is 36.6 Å². The number of nitro benzene ring substituents is 1. The largest absolute Gasteiger partial charge is 0.432 e. The summed E-state index contributed by atoms with van der Waals surface area (Å²) in [5, 5.41) is 22.7. The van der Waals surface area contributed by atoms with Gasteiger partial charge in [0.2, 0.25) is 0 Å². The molecule has 0 aliphatic heterocycles. The van der Waals surface area contributed by atoms with Crippen molar-refractivity contribution in [1.29, 1.82) is 0 Å². The van der Waals surface area contributed by atoms with Crippen LogP contribution in [0.3, 0.4) is 0 Å². The van der Waals surface area contributed by atoms with Crippen LogP contribution in [0.2, 0.25) is 6.82 Å². The van der Waals surface area contributed by atoms with Crippen molar-refractivity contribution in [2.45, 2.75) is 13.4 Å². The van der Waals surface area contributed by atoms with Crippen LogP contribution in [0.15, 0.2) is 55.0 Å². The fourth-order valence-corrected chi connectivity index (χ4v) is 3.25. The summed E-state index contributed by atoms with van der Waals surface area (Å²) in [6.45, 7) is 2.22. The molecule has 1 N–H and O–H groups in total. The summed E-state index contributed by atoms with van der Waals surface area (Å²) in [5.41, 5.74) is 2.61. The number of fused-ring (bicyclic) bond motifs is 2. The van der Waals surface area contributed by atoms with Crippen molar-refractivity contribution in [1.82, 2.24) is 14.0 Å². The molecular weight excluding hydrogens is 319 g/mol. The van der Waals surface area contributed by atoms with Gasteiger partial charge in [-0.1, -0.05) is 6.07 Å². The van der Waals surface area contributed by atoms with E-state index in [4.69, 9.17) is 0 Å². The third kappa shape index (κ3) is 2.47. The van der Waals surface area contributed by atoms with Crippen molar-refractivity contribution in [3.8, 4) is 0 Å². The number of non-ortho nitro benzene ring substituents is 1. The van der Waals surface area contributed by atoms with Crippen LogP contribution in [0.4, 0.5) is 5.69 Å². The molecule has 0 aliphatic carbocycles. The van der Waals surface area contributed by atoms with E-state index in [1.807, 2.05) is 35.2 Å². The number of rotatable bonds is 4. The zero-order chi connectivity index (χ0) is 17.6. The highest BCUT2D eigenvalue weighted by atomic mass is 16.6. The van der Waals surface area contributed by atoms with Crippen molar-refractivity contribution in [2.75, 3.05) is 0 Å².